The van der Waals surface area contributed by atoms with Gasteiger partial charge in [-0.15, -0.1) is 0 Å². The number of hydrogen-bond donors (Lipinski definition) is 3. The smallest absolute Gasteiger partial charge is 0.297 e. The van der Waals surface area contributed by atoms with Gasteiger partial charge in [0.1, 0.15) is 11.4 Å². The first-order chi connectivity index (χ1) is 8.52. The molecule has 7 nitrogen and oxygen atoms in total. The van der Waals surface area contributed by atoms with Crippen LogP contribution in [0.25, 0.3) is 0 Å². The van der Waals surface area contributed by atoms with Crippen molar-refractivity contribution >= 4 is 17.1 Å². The number of nitrogens with two attached hydrogens (primary N) is 2. The summed E-state index contributed by atoms with van der Waals surface area (Å²) in [6.07, 6.45) is 0.657. The molecule has 100 valence electrons. The zero-order chi connectivity index (χ0) is 13.7. The second-order valence-corrected chi connectivity index (χ2v) is 3.72. The minimum absolute atomic E-state index is 0.0191. The van der Waals surface area contributed by atoms with Crippen molar-refractivity contribution in [2.75, 3.05) is 24.7 Å². The second kappa shape index (κ2) is 6.06. The fourth-order valence-corrected chi connectivity index (χ4v) is 1.74. The molecule has 0 saturated carbocycles. The van der Waals surface area contributed by atoms with Crippen molar-refractivity contribution in [3.8, 4) is 5.75 Å². The van der Waals surface area contributed by atoms with Gasteiger partial charge in [0.05, 0.1) is 22.8 Å². The van der Waals surface area contributed by atoms with E-state index in [0.29, 0.717) is 24.3 Å². The monoisotopic (exact) mass is 255 g/mol. The normalized spacial score (nSPS) is 10.3. The zero-order valence-corrected chi connectivity index (χ0v) is 10.2. The van der Waals surface area contributed by atoms with Gasteiger partial charge in [-0.25, -0.2) is 0 Å². The fraction of sp³-hybridized carbons (Fsp3) is 0.455. The van der Waals surface area contributed by atoms with Gasteiger partial charge in [0.15, 0.2) is 0 Å². The van der Waals surface area contributed by atoms with E-state index in [1.54, 1.807) is 6.92 Å². The Bertz CT molecular complexity index is 448. The van der Waals surface area contributed by atoms with Crippen LogP contribution in [-0.2, 0) is 6.42 Å². The lowest BCUT2D eigenvalue weighted by molar-refractivity contribution is -0.384. The molecule has 1 rings (SSSR count). The molecule has 0 amide bonds. The number of nitro groups is 1. The van der Waals surface area contributed by atoms with Gasteiger partial charge >= 0.3 is 0 Å². The maximum atomic E-state index is 11.0. The van der Waals surface area contributed by atoms with E-state index in [1.165, 1.54) is 6.07 Å². The third-order valence-electron chi connectivity index (χ3n) is 2.50. The summed E-state index contributed by atoms with van der Waals surface area (Å²) in [6, 6.07) is 1.36. The van der Waals surface area contributed by atoms with Crippen LogP contribution in [0.2, 0.25) is 0 Å². The third kappa shape index (κ3) is 2.80. The van der Waals surface area contributed by atoms with Crippen molar-refractivity contribution in [1.29, 1.82) is 0 Å². The van der Waals surface area contributed by atoms with Crippen molar-refractivity contribution in [3.63, 3.8) is 0 Å². The van der Waals surface area contributed by atoms with E-state index in [1.807, 2.05) is 0 Å². The first-order valence-corrected chi connectivity index (χ1v) is 5.61. The molecule has 5 N–H and O–H groups in total. The molecule has 1 aromatic carbocycles. The highest BCUT2D eigenvalue weighted by molar-refractivity contribution is 5.76. The summed E-state index contributed by atoms with van der Waals surface area (Å²) in [7, 11) is 0. The summed E-state index contributed by atoms with van der Waals surface area (Å²) in [5.74, 6) is 0.341. The van der Waals surface area contributed by atoms with Crippen molar-refractivity contribution in [1.82, 2.24) is 0 Å². The molecule has 0 spiro atoms. The molecular weight excluding hydrogens is 238 g/mol. The number of nitro benzene ring substituents is 1. The highest BCUT2D eigenvalue weighted by Gasteiger charge is 2.23. The molecule has 0 atom stereocenters. The van der Waals surface area contributed by atoms with Gasteiger partial charge in [-0.3, -0.25) is 10.1 Å². The summed E-state index contributed by atoms with van der Waals surface area (Å²) in [4.78, 5) is 10.4. The SMILES string of the molecule is CCOc1cc(N)c([N+](=O)[O-])c(CCCO)c1N. The highest BCUT2D eigenvalue weighted by atomic mass is 16.6. The predicted octanol–water partition coefficient (Wildman–Crippen LogP) is 1.08. The highest BCUT2D eigenvalue weighted by Crippen LogP contribution is 2.38. The Balaban J connectivity index is 3.33. The van der Waals surface area contributed by atoms with Gasteiger partial charge in [0, 0.05) is 12.7 Å². The minimum atomic E-state index is -0.561. The molecule has 0 aliphatic heterocycles. The van der Waals surface area contributed by atoms with Gasteiger partial charge in [-0.05, 0) is 19.8 Å². The number of aliphatic hydroxyl groups excluding tert-OH is 1. The molecule has 0 radical (unpaired) electrons. The number of nitrogen functional groups attached to an aromatic ring is 2. The van der Waals surface area contributed by atoms with Crippen molar-refractivity contribution < 1.29 is 14.8 Å². The van der Waals surface area contributed by atoms with E-state index in [0.717, 1.165) is 0 Å². The van der Waals surface area contributed by atoms with Crippen LogP contribution in [0, 0.1) is 10.1 Å². The molecule has 0 saturated heterocycles. The standard InChI is InChI=1S/C11H17N3O4/c1-2-18-9-6-8(12)11(14(16)17)7(10(9)13)4-3-5-15/h6,15H,2-5,12-13H2,1H3. The largest absolute Gasteiger partial charge is 0.492 e. The molecule has 0 heterocycles. The van der Waals surface area contributed by atoms with Crippen LogP contribution < -0.4 is 16.2 Å². The number of anilines is 2. The van der Waals surface area contributed by atoms with E-state index in [2.05, 4.69) is 0 Å². The van der Waals surface area contributed by atoms with Gasteiger partial charge in [0.2, 0.25) is 0 Å². The Labute approximate surface area is 104 Å². The lowest BCUT2D eigenvalue weighted by Gasteiger charge is -2.13. The van der Waals surface area contributed by atoms with Crippen LogP contribution in [0.5, 0.6) is 5.75 Å². The molecule has 0 bridgehead atoms. The van der Waals surface area contributed by atoms with Crippen molar-refractivity contribution in [2.24, 2.45) is 0 Å². The van der Waals surface area contributed by atoms with Gasteiger partial charge in [0.25, 0.3) is 5.69 Å². The lowest BCUT2D eigenvalue weighted by atomic mass is 10.0. The number of benzene rings is 1. The van der Waals surface area contributed by atoms with Crippen LogP contribution >= 0.6 is 0 Å². The van der Waals surface area contributed by atoms with Crippen LogP contribution in [0.1, 0.15) is 18.9 Å². The molecule has 7 heteroatoms. The molecule has 0 aliphatic carbocycles. The molecule has 0 fully saturated rings. The second-order valence-electron chi connectivity index (χ2n) is 3.72. The number of hydrogen-bond acceptors (Lipinski definition) is 6. The summed E-state index contributed by atoms with van der Waals surface area (Å²) in [6.45, 7) is 2.10. The Morgan fingerprint density at radius 3 is 2.67 bits per heavy atom. The fourth-order valence-electron chi connectivity index (χ4n) is 1.74. The van der Waals surface area contributed by atoms with Crippen LogP contribution in [0.4, 0.5) is 17.1 Å². The molecule has 0 aliphatic rings. The first kappa shape index (κ1) is 14.0. The number of nitrogens with zero attached hydrogens (tertiary/aromatic N) is 1. The molecule has 18 heavy (non-hydrogen) atoms. The summed E-state index contributed by atoms with van der Waals surface area (Å²) < 4.78 is 5.28. The van der Waals surface area contributed by atoms with E-state index >= 15 is 0 Å². The van der Waals surface area contributed by atoms with Crippen LogP contribution in [0.15, 0.2) is 6.07 Å². The average molecular weight is 255 g/mol. The molecule has 0 unspecified atom stereocenters. The van der Waals surface area contributed by atoms with Crippen molar-refractivity contribution in [3.05, 3.63) is 21.7 Å². The van der Waals surface area contributed by atoms with Crippen molar-refractivity contribution in [2.45, 2.75) is 19.8 Å². The Morgan fingerprint density at radius 2 is 2.17 bits per heavy atom. The third-order valence-corrected chi connectivity index (χ3v) is 2.50. The molecular formula is C11H17N3O4. The summed E-state index contributed by atoms with van der Waals surface area (Å²) in [5.41, 5.74) is 11.9. The van der Waals surface area contributed by atoms with E-state index in [9.17, 15) is 10.1 Å². The Morgan fingerprint density at radius 1 is 1.50 bits per heavy atom. The van der Waals surface area contributed by atoms with E-state index in [-0.39, 0.29) is 30.1 Å². The first-order valence-electron chi connectivity index (χ1n) is 5.61. The van der Waals surface area contributed by atoms with Gasteiger partial charge < -0.3 is 21.3 Å². The maximum absolute atomic E-state index is 11.0. The molecule has 0 aromatic heterocycles. The topological polar surface area (TPSA) is 125 Å². The predicted molar refractivity (Wildman–Crippen MR) is 68.5 cm³/mol. The quantitative estimate of drug-likeness (QED) is 0.397. The number of rotatable bonds is 6. The van der Waals surface area contributed by atoms with Gasteiger partial charge in [-0.2, -0.15) is 0 Å². The number of ether oxygens (including phenoxy) is 1. The maximum Gasteiger partial charge on any atom is 0.297 e. The Hall–Kier alpha value is -2.02. The lowest BCUT2D eigenvalue weighted by Crippen LogP contribution is -2.08. The minimum Gasteiger partial charge on any atom is -0.492 e. The molecule has 1 aromatic rings. The van der Waals surface area contributed by atoms with Crippen LogP contribution in [-0.4, -0.2) is 23.2 Å². The number of aliphatic hydroxyl groups is 1. The van der Waals surface area contributed by atoms with E-state index < -0.39 is 4.92 Å². The summed E-state index contributed by atoms with van der Waals surface area (Å²) in [5, 5.41) is 19.8. The van der Waals surface area contributed by atoms with E-state index in [4.69, 9.17) is 21.3 Å². The van der Waals surface area contributed by atoms with Gasteiger partial charge in [-0.1, -0.05) is 0 Å². The summed E-state index contributed by atoms with van der Waals surface area (Å²) >= 11 is 0. The Kier molecular flexibility index (Phi) is 4.73. The zero-order valence-electron chi connectivity index (χ0n) is 10.2. The average Bonchev–Trinajstić information content (AvgIpc) is 2.31. The van der Waals surface area contributed by atoms with Crippen LogP contribution in [0.3, 0.4) is 0 Å².